The van der Waals surface area contributed by atoms with Gasteiger partial charge in [-0.25, -0.2) is 10.4 Å². The molecule has 0 atom stereocenters. The van der Waals surface area contributed by atoms with Gasteiger partial charge in [-0.2, -0.15) is 5.10 Å². The molecule has 0 aliphatic carbocycles. The molecule has 1 amide bonds. The lowest BCUT2D eigenvalue weighted by atomic mass is 10.1. The van der Waals surface area contributed by atoms with Crippen LogP contribution >= 0.6 is 22.9 Å². The molecular weight excluding hydrogens is 456 g/mol. The van der Waals surface area contributed by atoms with E-state index in [-0.39, 0.29) is 5.91 Å². The lowest BCUT2D eigenvalue weighted by Crippen LogP contribution is -2.17. The lowest BCUT2D eigenvalue weighted by Gasteiger charge is -2.04. The van der Waals surface area contributed by atoms with Gasteiger partial charge in [0.05, 0.1) is 18.5 Å². The summed E-state index contributed by atoms with van der Waals surface area (Å²) in [5, 5.41) is 10.7. The molecule has 1 aromatic heterocycles. The van der Waals surface area contributed by atoms with Crippen LogP contribution in [0.1, 0.15) is 22.8 Å². The zero-order chi connectivity index (χ0) is 23.0. The van der Waals surface area contributed by atoms with E-state index in [0.29, 0.717) is 17.2 Å². The van der Waals surface area contributed by atoms with Crippen molar-refractivity contribution in [2.24, 2.45) is 5.10 Å². The number of hydrogen-bond donors (Lipinski definition) is 2. The molecule has 0 aliphatic heterocycles. The first-order chi connectivity index (χ1) is 16.1. The lowest BCUT2D eigenvalue weighted by molar-refractivity contribution is 0.0955. The Labute approximate surface area is 200 Å². The van der Waals surface area contributed by atoms with Crippen LogP contribution in [0.4, 0.5) is 10.8 Å². The molecule has 4 rings (SSSR count). The van der Waals surface area contributed by atoms with Crippen molar-refractivity contribution in [3.8, 4) is 17.0 Å². The van der Waals surface area contributed by atoms with Gasteiger partial charge in [0, 0.05) is 27.2 Å². The highest BCUT2D eigenvalue weighted by atomic mass is 35.5. The number of carbonyl (C=O) groups is 1. The molecule has 0 aliphatic rings. The fourth-order valence-electron chi connectivity index (χ4n) is 2.99. The topological polar surface area (TPSA) is 75.6 Å². The third kappa shape index (κ3) is 6.19. The van der Waals surface area contributed by atoms with Gasteiger partial charge in [-0.05, 0) is 61.0 Å². The highest BCUT2D eigenvalue weighted by Gasteiger charge is 2.08. The van der Waals surface area contributed by atoms with Gasteiger partial charge in [0.1, 0.15) is 5.75 Å². The Morgan fingerprint density at radius 3 is 2.67 bits per heavy atom. The van der Waals surface area contributed by atoms with Crippen molar-refractivity contribution in [3.63, 3.8) is 0 Å². The fraction of sp³-hybridized carbons (Fsp3) is 0.0800. The normalized spacial score (nSPS) is 10.8. The van der Waals surface area contributed by atoms with Crippen molar-refractivity contribution in [1.29, 1.82) is 0 Å². The van der Waals surface area contributed by atoms with E-state index in [2.05, 4.69) is 20.8 Å². The number of benzene rings is 3. The summed E-state index contributed by atoms with van der Waals surface area (Å²) in [6, 6.07) is 22.2. The van der Waals surface area contributed by atoms with Gasteiger partial charge >= 0.3 is 0 Å². The van der Waals surface area contributed by atoms with Gasteiger partial charge in [0.2, 0.25) is 0 Å². The Balaban J connectivity index is 1.36. The second-order valence-corrected chi connectivity index (χ2v) is 8.25. The van der Waals surface area contributed by atoms with Crippen molar-refractivity contribution >= 4 is 45.9 Å². The Hall–Kier alpha value is -3.68. The smallest absolute Gasteiger partial charge is 0.271 e. The van der Waals surface area contributed by atoms with Crippen molar-refractivity contribution in [2.45, 2.75) is 6.92 Å². The molecule has 1 heterocycles. The standard InChI is InChI=1S/C25H21ClN4O2S/c1-2-32-22-5-3-4-17(14-22)15-27-30-24(31)19-8-6-18(7-9-19)23-16-33-25(29-23)28-21-12-10-20(26)11-13-21/h3-16H,2H2,1H3,(H,28,29)(H,30,31)/b27-15-. The minimum atomic E-state index is -0.290. The minimum Gasteiger partial charge on any atom is -0.494 e. The van der Waals surface area contributed by atoms with Gasteiger partial charge in [0.25, 0.3) is 5.91 Å². The number of nitrogens with one attached hydrogen (secondary N) is 2. The summed E-state index contributed by atoms with van der Waals surface area (Å²) < 4.78 is 5.46. The molecule has 8 heteroatoms. The van der Waals surface area contributed by atoms with Crippen LogP contribution in [0, 0.1) is 0 Å². The van der Waals surface area contributed by atoms with E-state index >= 15 is 0 Å². The van der Waals surface area contributed by atoms with Crippen LogP contribution in [-0.2, 0) is 0 Å². The monoisotopic (exact) mass is 476 g/mol. The summed E-state index contributed by atoms with van der Waals surface area (Å²) in [5.41, 5.74) is 6.56. The molecule has 0 saturated heterocycles. The maximum absolute atomic E-state index is 12.4. The number of hydrogen-bond acceptors (Lipinski definition) is 6. The Bertz CT molecular complexity index is 1250. The van der Waals surface area contributed by atoms with Gasteiger partial charge in [-0.15, -0.1) is 11.3 Å². The van der Waals surface area contributed by atoms with Crippen molar-refractivity contribution in [3.05, 3.63) is 94.3 Å². The molecule has 0 saturated carbocycles. The summed E-state index contributed by atoms with van der Waals surface area (Å²) in [6.07, 6.45) is 1.58. The minimum absolute atomic E-state index is 0.290. The molecule has 3 aromatic carbocycles. The van der Waals surface area contributed by atoms with Crippen molar-refractivity contribution < 1.29 is 9.53 Å². The van der Waals surface area contributed by atoms with Gasteiger partial charge < -0.3 is 10.1 Å². The average molecular weight is 477 g/mol. The number of hydrazone groups is 1. The predicted octanol–water partition coefficient (Wildman–Crippen LogP) is 6.37. The van der Waals surface area contributed by atoms with E-state index < -0.39 is 0 Å². The van der Waals surface area contributed by atoms with E-state index in [9.17, 15) is 4.79 Å². The molecule has 0 bridgehead atoms. The third-order valence-corrected chi connectivity index (χ3v) is 5.60. The predicted molar refractivity (Wildman–Crippen MR) is 135 cm³/mol. The third-order valence-electron chi connectivity index (χ3n) is 4.59. The van der Waals surface area contributed by atoms with Gasteiger partial charge in [-0.3, -0.25) is 4.79 Å². The number of aromatic nitrogens is 1. The van der Waals surface area contributed by atoms with Gasteiger partial charge in [-0.1, -0.05) is 35.9 Å². The summed E-state index contributed by atoms with van der Waals surface area (Å²) in [5.74, 6) is 0.471. The number of anilines is 2. The first-order valence-corrected chi connectivity index (χ1v) is 11.5. The molecule has 4 aromatic rings. The van der Waals surface area contributed by atoms with E-state index in [0.717, 1.165) is 33.4 Å². The number of halogens is 1. The molecule has 0 unspecified atom stereocenters. The molecule has 6 nitrogen and oxygen atoms in total. The van der Waals surface area contributed by atoms with Crippen LogP contribution in [0.15, 0.2) is 83.3 Å². The summed E-state index contributed by atoms with van der Waals surface area (Å²) in [6.45, 7) is 2.52. The van der Waals surface area contributed by atoms with E-state index in [4.69, 9.17) is 16.3 Å². The Kier molecular flexibility index (Phi) is 7.34. The van der Waals surface area contributed by atoms with Crippen LogP contribution in [0.5, 0.6) is 5.75 Å². The van der Waals surface area contributed by atoms with Crippen LogP contribution in [0.3, 0.4) is 0 Å². The average Bonchev–Trinajstić information content (AvgIpc) is 3.30. The van der Waals surface area contributed by atoms with E-state index in [1.807, 2.05) is 73.0 Å². The largest absolute Gasteiger partial charge is 0.494 e. The Morgan fingerprint density at radius 2 is 1.91 bits per heavy atom. The second kappa shape index (κ2) is 10.8. The van der Waals surface area contributed by atoms with Crippen LogP contribution in [0.2, 0.25) is 5.02 Å². The zero-order valence-corrected chi connectivity index (χ0v) is 19.4. The highest BCUT2D eigenvalue weighted by molar-refractivity contribution is 7.14. The number of thiazole rings is 1. The Morgan fingerprint density at radius 1 is 1.12 bits per heavy atom. The maximum Gasteiger partial charge on any atom is 0.271 e. The fourth-order valence-corrected chi connectivity index (χ4v) is 3.86. The number of nitrogens with zero attached hydrogens (tertiary/aromatic N) is 2. The molecule has 0 spiro atoms. The number of amides is 1. The summed E-state index contributed by atoms with van der Waals surface area (Å²) in [7, 11) is 0. The maximum atomic E-state index is 12.4. The van der Waals surface area contributed by atoms with Crippen LogP contribution < -0.4 is 15.5 Å². The zero-order valence-electron chi connectivity index (χ0n) is 17.8. The van der Waals surface area contributed by atoms with E-state index in [1.54, 1.807) is 18.3 Å². The molecule has 0 radical (unpaired) electrons. The van der Waals surface area contributed by atoms with E-state index in [1.165, 1.54) is 11.3 Å². The molecule has 2 N–H and O–H groups in total. The highest BCUT2D eigenvalue weighted by Crippen LogP contribution is 2.27. The summed E-state index contributed by atoms with van der Waals surface area (Å²) in [4.78, 5) is 17.0. The first kappa shape index (κ1) is 22.5. The first-order valence-electron chi connectivity index (χ1n) is 10.3. The number of rotatable bonds is 8. The molecule has 0 fully saturated rings. The second-order valence-electron chi connectivity index (χ2n) is 6.95. The van der Waals surface area contributed by atoms with Crippen molar-refractivity contribution in [2.75, 3.05) is 11.9 Å². The summed E-state index contributed by atoms with van der Waals surface area (Å²) >= 11 is 7.43. The van der Waals surface area contributed by atoms with Gasteiger partial charge in [0.15, 0.2) is 5.13 Å². The van der Waals surface area contributed by atoms with Crippen LogP contribution in [0.25, 0.3) is 11.3 Å². The van der Waals surface area contributed by atoms with Crippen LogP contribution in [-0.4, -0.2) is 23.7 Å². The number of ether oxygens (including phenoxy) is 1. The molecule has 33 heavy (non-hydrogen) atoms. The quantitative estimate of drug-likeness (QED) is 0.229. The molecule has 166 valence electrons. The SMILES string of the molecule is CCOc1cccc(/C=N\NC(=O)c2ccc(-c3csc(Nc4ccc(Cl)cc4)n3)cc2)c1. The van der Waals surface area contributed by atoms with Crippen molar-refractivity contribution in [1.82, 2.24) is 10.4 Å². The molecular formula is C25H21ClN4O2S. The number of carbonyl (C=O) groups excluding carboxylic acids is 1.